The Hall–Kier alpha value is 0.0900. The Morgan fingerprint density at radius 2 is 2.25 bits per heavy atom. The largest absolute Gasteiger partial charge is 0.309 e. The average molecular weight is 326 g/mol. The lowest BCUT2D eigenvalue weighted by atomic mass is 10.2. The molecule has 0 aliphatic rings. The van der Waals surface area contributed by atoms with Crippen molar-refractivity contribution in [2.75, 3.05) is 12.0 Å². The lowest BCUT2D eigenvalue weighted by Crippen LogP contribution is -2.27. The first-order chi connectivity index (χ1) is 7.38. The minimum Gasteiger partial charge on any atom is -0.309 e. The number of halogens is 1. The van der Waals surface area contributed by atoms with Crippen molar-refractivity contribution in [2.45, 2.75) is 25.9 Å². The minimum absolute atomic E-state index is 0.212. The molecular formula is C10H16BrNO2S2. The maximum atomic E-state index is 11.0. The number of rotatable bonds is 6. The Morgan fingerprint density at radius 3 is 2.75 bits per heavy atom. The number of sulfone groups is 1. The van der Waals surface area contributed by atoms with E-state index in [0.29, 0.717) is 6.42 Å². The summed E-state index contributed by atoms with van der Waals surface area (Å²) in [4.78, 5) is 1.24. The number of nitrogens with one attached hydrogen (secondary N) is 1. The van der Waals surface area contributed by atoms with Crippen molar-refractivity contribution in [1.82, 2.24) is 5.32 Å². The molecule has 0 saturated carbocycles. The quantitative estimate of drug-likeness (QED) is 0.873. The van der Waals surface area contributed by atoms with Crippen molar-refractivity contribution in [2.24, 2.45) is 0 Å². The van der Waals surface area contributed by atoms with Gasteiger partial charge in [-0.1, -0.05) is 0 Å². The highest BCUT2D eigenvalue weighted by atomic mass is 79.9. The zero-order chi connectivity index (χ0) is 12.2. The molecule has 0 saturated heterocycles. The third-order valence-electron chi connectivity index (χ3n) is 2.22. The van der Waals surface area contributed by atoms with Crippen molar-refractivity contribution in [3.05, 3.63) is 20.8 Å². The summed E-state index contributed by atoms with van der Waals surface area (Å²) in [5.41, 5.74) is 0. The van der Waals surface area contributed by atoms with Crippen LogP contribution in [0, 0.1) is 0 Å². The summed E-state index contributed by atoms with van der Waals surface area (Å²) in [6.45, 7) is 2.79. The van der Waals surface area contributed by atoms with Crippen LogP contribution >= 0.6 is 27.3 Å². The molecule has 1 atom stereocenters. The zero-order valence-corrected chi connectivity index (χ0v) is 12.6. The van der Waals surface area contributed by atoms with E-state index in [1.165, 1.54) is 11.1 Å². The second-order valence-electron chi connectivity index (χ2n) is 3.89. The Balaban J connectivity index is 2.31. The van der Waals surface area contributed by atoms with Gasteiger partial charge in [0.1, 0.15) is 9.84 Å². The van der Waals surface area contributed by atoms with Crippen LogP contribution in [0.25, 0.3) is 0 Å². The molecule has 0 unspecified atom stereocenters. The SMILES string of the molecule is C[C@H](CCS(C)(=O)=O)NCc1sccc1Br. The van der Waals surface area contributed by atoms with E-state index in [1.807, 2.05) is 18.4 Å². The summed E-state index contributed by atoms with van der Waals surface area (Å²) < 4.78 is 23.1. The van der Waals surface area contributed by atoms with Gasteiger partial charge in [0.2, 0.25) is 0 Å². The summed E-state index contributed by atoms with van der Waals surface area (Å²) in [7, 11) is -2.85. The van der Waals surface area contributed by atoms with E-state index < -0.39 is 9.84 Å². The van der Waals surface area contributed by atoms with E-state index >= 15 is 0 Å². The molecule has 0 spiro atoms. The van der Waals surface area contributed by atoms with Gasteiger partial charge in [0.05, 0.1) is 5.75 Å². The smallest absolute Gasteiger partial charge is 0.147 e. The predicted molar refractivity (Wildman–Crippen MR) is 72.6 cm³/mol. The van der Waals surface area contributed by atoms with Crippen molar-refractivity contribution in [1.29, 1.82) is 0 Å². The second kappa shape index (κ2) is 6.14. The molecule has 3 nitrogen and oxygen atoms in total. The van der Waals surface area contributed by atoms with Gasteiger partial charge in [-0.3, -0.25) is 0 Å². The van der Waals surface area contributed by atoms with Crippen LogP contribution in [0.15, 0.2) is 15.9 Å². The van der Waals surface area contributed by atoms with Crippen LogP contribution in [0.4, 0.5) is 0 Å². The minimum atomic E-state index is -2.85. The highest BCUT2D eigenvalue weighted by Crippen LogP contribution is 2.22. The van der Waals surface area contributed by atoms with Crippen LogP contribution in [-0.4, -0.2) is 26.5 Å². The fourth-order valence-corrected chi connectivity index (χ4v) is 3.44. The fourth-order valence-electron chi connectivity index (χ4n) is 1.21. The van der Waals surface area contributed by atoms with Gasteiger partial charge in [0.15, 0.2) is 0 Å². The summed E-state index contributed by atoms with van der Waals surface area (Å²) in [6, 6.07) is 2.23. The average Bonchev–Trinajstić information content (AvgIpc) is 2.57. The van der Waals surface area contributed by atoms with Crippen molar-refractivity contribution in [3.63, 3.8) is 0 Å². The van der Waals surface area contributed by atoms with E-state index in [0.717, 1.165) is 11.0 Å². The molecule has 1 N–H and O–H groups in total. The third-order valence-corrected chi connectivity index (χ3v) is 5.13. The predicted octanol–water partition coefficient (Wildman–Crippen LogP) is 2.42. The van der Waals surface area contributed by atoms with Gasteiger partial charge in [-0.25, -0.2) is 8.42 Å². The van der Waals surface area contributed by atoms with E-state index in [2.05, 4.69) is 21.2 Å². The highest BCUT2D eigenvalue weighted by molar-refractivity contribution is 9.10. The van der Waals surface area contributed by atoms with E-state index in [-0.39, 0.29) is 11.8 Å². The number of thiophene rings is 1. The normalized spacial score (nSPS) is 13.9. The Labute approximate surface area is 109 Å². The molecule has 1 aromatic heterocycles. The fraction of sp³-hybridized carbons (Fsp3) is 0.600. The Kier molecular flexibility index (Phi) is 5.43. The summed E-state index contributed by atoms with van der Waals surface area (Å²) >= 11 is 5.15. The van der Waals surface area contributed by atoms with Gasteiger partial charge in [0, 0.05) is 28.2 Å². The first-order valence-electron chi connectivity index (χ1n) is 5.01. The van der Waals surface area contributed by atoms with Crippen LogP contribution in [0.3, 0.4) is 0 Å². The molecule has 0 aliphatic heterocycles. The van der Waals surface area contributed by atoms with Crippen LogP contribution < -0.4 is 5.32 Å². The van der Waals surface area contributed by atoms with Crippen LogP contribution in [0.1, 0.15) is 18.2 Å². The summed E-state index contributed by atoms with van der Waals surface area (Å²) in [5, 5.41) is 5.34. The molecule has 0 bridgehead atoms. The first kappa shape index (κ1) is 14.2. The van der Waals surface area contributed by atoms with Crippen LogP contribution in [0.5, 0.6) is 0 Å². The molecule has 0 aromatic carbocycles. The van der Waals surface area contributed by atoms with Gasteiger partial charge in [-0.2, -0.15) is 0 Å². The Morgan fingerprint density at radius 1 is 1.56 bits per heavy atom. The third kappa shape index (κ3) is 5.43. The van der Waals surface area contributed by atoms with Gasteiger partial charge in [-0.15, -0.1) is 11.3 Å². The number of hydrogen-bond donors (Lipinski definition) is 1. The van der Waals surface area contributed by atoms with E-state index in [1.54, 1.807) is 11.3 Å². The van der Waals surface area contributed by atoms with Gasteiger partial charge in [0.25, 0.3) is 0 Å². The standard InChI is InChI=1S/C10H16BrNO2S2/c1-8(4-6-16(2,13)14)12-7-10-9(11)3-5-15-10/h3,5,8,12H,4,6-7H2,1-2H3/t8-/m1/s1. The maximum Gasteiger partial charge on any atom is 0.147 e. The van der Waals surface area contributed by atoms with Crippen LogP contribution in [-0.2, 0) is 16.4 Å². The molecule has 0 aliphatic carbocycles. The molecule has 16 heavy (non-hydrogen) atoms. The van der Waals surface area contributed by atoms with Crippen molar-refractivity contribution >= 4 is 37.1 Å². The zero-order valence-electron chi connectivity index (χ0n) is 9.36. The number of hydrogen-bond acceptors (Lipinski definition) is 4. The molecule has 0 radical (unpaired) electrons. The van der Waals surface area contributed by atoms with Crippen LogP contribution in [0.2, 0.25) is 0 Å². The first-order valence-corrected chi connectivity index (χ1v) is 8.75. The van der Waals surface area contributed by atoms with Crippen molar-refractivity contribution < 1.29 is 8.42 Å². The van der Waals surface area contributed by atoms with Crippen molar-refractivity contribution in [3.8, 4) is 0 Å². The second-order valence-corrected chi connectivity index (χ2v) is 8.01. The molecule has 1 heterocycles. The van der Waals surface area contributed by atoms with Gasteiger partial charge in [-0.05, 0) is 40.7 Å². The molecule has 0 fully saturated rings. The molecule has 1 rings (SSSR count). The lowest BCUT2D eigenvalue weighted by Gasteiger charge is -2.12. The molecular weight excluding hydrogens is 310 g/mol. The Bertz CT molecular complexity index is 428. The van der Waals surface area contributed by atoms with Gasteiger partial charge < -0.3 is 5.32 Å². The van der Waals surface area contributed by atoms with Gasteiger partial charge >= 0.3 is 0 Å². The van der Waals surface area contributed by atoms with E-state index in [4.69, 9.17) is 0 Å². The summed E-state index contributed by atoms with van der Waals surface area (Å²) in [6.07, 6.45) is 1.93. The summed E-state index contributed by atoms with van der Waals surface area (Å²) in [5.74, 6) is 0.243. The van der Waals surface area contributed by atoms with E-state index in [9.17, 15) is 8.42 Å². The highest BCUT2D eigenvalue weighted by Gasteiger charge is 2.08. The molecule has 6 heteroatoms. The molecule has 0 amide bonds. The maximum absolute atomic E-state index is 11.0. The monoisotopic (exact) mass is 325 g/mol. The molecule has 1 aromatic rings. The topological polar surface area (TPSA) is 46.2 Å². The molecule has 92 valence electrons. The lowest BCUT2D eigenvalue weighted by molar-refractivity contribution is 0.529.